The van der Waals surface area contributed by atoms with Gasteiger partial charge in [0.15, 0.2) is 0 Å². The van der Waals surface area contributed by atoms with Gasteiger partial charge in [0.1, 0.15) is 11.6 Å². The summed E-state index contributed by atoms with van der Waals surface area (Å²) < 4.78 is 6.95. The number of carbonyl (C=O) groups is 1. The highest BCUT2D eigenvalue weighted by molar-refractivity contribution is 6.30. The summed E-state index contributed by atoms with van der Waals surface area (Å²) in [6.45, 7) is 1.96. The van der Waals surface area contributed by atoms with E-state index in [-0.39, 0.29) is 5.91 Å². The number of hydrogen-bond acceptors (Lipinski definition) is 3. The molecule has 3 aromatic carbocycles. The van der Waals surface area contributed by atoms with Crippen LogP contribution in [0.5, 0.6) is 5.75 Å². The van der Waals surface area contributed by atoms with E-state index in [0.717, 1.165) is 28.3 Å². The number of methoxy groups -OCH3 is 1. The van der Waals surface area contributed by atoms with Crippen molar-refractivity contribution in [2.24, 2.45) is 0 Å². The number of ether oxygens (including phenoxy) is 1. The van der Waals surface area contributed by atoms with Gasteiger partial charge in [-0.25, -0.2) is 4.68 Å². The van der Waals surface area contributed by atoms with E-state index >= 15 is 0 Å². The highest BCUT2D eigenvalue weighted by Crippen LogP contribution is 2.27. The second-order valence-electron chi connectivity index (χ2n) is 6.86. The summed E-state index contributed by atoms with van der Waals surface area (Å²) in [5.74, 6) is 1.11. The first kappa shape index (κ1) is 19.7. The normalized spacial score (nSPS) is 10.6. The number of amides is 1. The Kier molecular flexibility index (Phi) is 5.55. The van der Waals surface area contributed by atoms with Crippen LogP contribution in [0.4, 0.5) is 5.82 Å². The van der Waals surface area contributed by atoms with E-state index in [1.54, 1.807) is 17.9 Å². The molecule has 4 aromatic rings. The fourth-order valence-corrected chi connectivity index (χ4v) is 3.25. The average Bonchev–Trinajstić information content (AvgIpc) is 3.18. The van der Waals surface area contributed by atoms with Gasteiger partial charge in [-0.3, -0.25) is 4.79 Å². The number of rotatable bonds is 5. The second kappa shape index (κ2) is 8.43. The molecule has 0 saturated heterocycles. The first-order valence-electron chi connectivity index (χ1n) is 9.42. The van der Waals surface area contributed by atoms with Crippen molar-refractivity contribution in [1.82, 2.24) is 9.78 Å². The summed E-state index contributed by atoms with van der Waals surface area (Å²) in [5.41, 5.74) is 4.04. The van der Waals surface area contributed by atoms with Crippen molar-refractivity contribution >= 4 is 23.3 Å². The van der Waals surface area contributed by atoms with E-state index in [1.807, 2.05) is 79.7 Å². The molecule has 30 heavy (non-hydrogen) atoms. The van der Waals surface area contributed by atoms with Crippen molar-refractivity contribution in [3.63, 3.8) is 0 Å². The molecule has 0 saturated carbocycles. The molecule has 0 spiro atoms. The standard InChI is InChI=1S/C24H20ClN3O2/c1-16-4-3-5-18(14-16)24(29)26-23-15-22(17-6-8-19(25)9-7-17)27-28(23)20-10-12-21(30-2)13-11-20/h3-15H,1-2H3,(H,26,29). The molecule has 0 aliphatic rings. The van der Waals surface area contributed by atoms with E-state index in [2.05, 4.69) is 5.32 Å². The molecule has 0 bridgehead atoms. The predicted molar refractivity (Wildman–Crippen MR) is 120 cm³/mol. The highest BCUT2D eigenvalue weighted by Gasteiger charge is 2.15. The van der Waals surface area contributed by atoms with Gasteiger partial charge in [-0.05, 0) is 55.5 Å². The molecule has 1 N–H and O–H groups in total. The van der Waals surface area contributed by atoms with Gasteiger partial charge >= 0.3 is 0 Å². The third kappa shape index (κ3) is 4.21. The summed E-state index contributed by atoms with van der Waals surface area (Å²) in [4.78, 5) is 12.9. The smallest absolute Gasteiger partial charge is 0.256 e. The molecular formula is C24H20ClN3O2. The van der Waals surface area contributed by atoms with Gasteiger partial charge in [0.05, 0.1) is 18.5 Å². The van der Waals surface area contributed by atoms with Gasteiger partial charge < -0.3 is 10.1 Å². The minimum Gasteiger partial charge on any atom is -0.497 e. The lowest BCUT2D eigenvalue weighted by atomic mass is 10.1. The Morgan fingerprint density at radius 3 is 2.40 bits per heavy atom. The average molecular weight is 418 g/mol. The molecule has 5 nitrogen and oxygen atoms in total. The molecule has 1 aromatic heterocycles. The van der Waals surface area contributed by atoms with E-state index in [9.17, 15) is 4.79 Å². The van der Waals surface area contributed by atoms with Crippen molar-refractivity contribution in [1.29, 1.82) is 0 Å². The lowest BCUT2D eigenvalue weighted by Gasteiger charge is -2.10. The van der Waals surface area contributed by atoms with E-state index in [4.69, 9.17) is 21.4 Å². The maximum absolute atomic E-state index is 12.9. The molecule has 0 radical (unpaired) electrons. The Balaban J connectivity index is 1.74. The zero-order valence-electron chi connectivity index (χ0n) is 16.6. The molecule has 4 rings (SSSR count). The number of benzene rings is 3. The molecule has 0 unspecified atom stereocenters. The number of nitrogens with zero attached hydrogens (tertiary/aromatic N) is 2. The van der Waals surface area contributed by atoms with Gasteiger partial charge in [0, 0.05) is 22.2 Å². The van der Waals surface area contributed by atoms with Crippen molar-refractivity contribution in [2.75, 3.05) is 12.4 Å². The third-order valence-electron chi connectivity index (χ3n) is 4.69. The number of hydrogen-bond donors (Lipinski definition) is 1. The van der Waals surface area contributed by atoms with E-state index < -0.39 is 0 Å². The molecule has 150 valence electrons. The van der Waals surface area contributed by atoms with Crippen molar-refractivity contribution < 1.29 is 9.53 Å². The van der Waals surface area contributed by atoms with Gasteiger partial charge in [0.2, 0.25) is 0 Å². The first-order chi connectivity index (χ1) is 14.5. The van der Waals surface area contributed by atoms with Crippen LogP contribution in [0.15, 0.2) is 78.9 Å². The SMILES string of the molecule is COc1ccc(-n2nc(-c3ccc(Cl)cc3)cc2NC(=O)c2cccc(C)c2)cc1. The largest absolute Gasteiger partial charge is 0.497 e. The van der Waals surface area contributed by atoms with Crippen LogP contribution in [0.25, 0.3) is 16.9 Å². The van der Waals surface area contributed by atoms with Crippen LogP contribution in [0, 0.1) is 6.92 Å². The Labute approximate surface area is 179 Å². The van der Waals surface area contributed by atoms with Crippen molar-refractivity contribution in [2.45, 2.75) is 6.92 Å². The fourth-order valence-electron chi connectivity index (χ4n) is 3.13. The molecule has 6 heteroatoms. The van der Waals surface area contributed by atoms with Crippen LogP contribution in [0.3, 0.4) is 0 Å². The Morgan fingerprint density at radius 2 is 1.73 bits per heavy atom. The summed E-state index contributed by atoms with van der Waals surface area (Å²) in [7, 11) is 1.62. The first-order valence-corrected chi connectivity index (χ1v) is 9.80. The van der Waals surface area contributed by atoms with Crippen LogP contribution >= 0.6 is 11.6 Å². The number of halogens is 1. The number of carbonyl (C=O) groups excluding carboxylic acids is 1. The van der Waals surface area contributed by atoms with E-state index in [1.165, 1.54) is 0 Å². The third-order valence-corrected chi connectivity index (χ3v) is 4.94. The maximum Gasteiger partial charge on any atom is 0.256 e. The summed E-state index contributed by atoms with van der Waals surface area (Å²) in [5, 5.41) is 8.36. The monoisotopic (exact) mass is 417 g/mol. The highest BCUT2D eigenvalue weighted by atomic mass is 35.5. The Bertz CT molecular complexity index is 1180. The summed E-state index contributed by atoms with van der Waals surface area (Å²) >= 11 is 6.02. The maximum atomic E-state index is 12.9. The molecule has 0 aliphatic carbocycles. The van der Waals surface area contributed by atoms with Gasteiger partial charge in [-0.2, -0.15) is 5.10 Å². The fraction of sp³-hybridized carbons (Fsp3) is 0.0833. The van der Waals surface area contributed by atoms with Gasteiger partial charge in [-0.15, -0.1) is 0 Å². The van der Waals surface area contributed by atoms with Crippen molar-refractivity contribution in [3.05, 3.63) is 95.0 Å². The summed E-state index contributed by atoms with van der Waals surface area (Å²) in [6.07, 6.45) is 0. The van der Waals surface area contributed by atoms with E-state index in [0.29, 0.717) is 16.4 Å². The predicted octanol–water partition coefficient (Wildman–Crippen LogP) is 5.76. The molecule has 1 heterocycles. The zero-order chi connectivity index (χ0) is 21.1. The molecule has 0 fully saturated rings. The van der Waals surface area contributed by atoms with Crippen LogP contribution in [0.1, 0.15) is 15.9 Å². The number of aryl methyl sites for hydroxylation is 1. The van der Waals surface area contributed by atoms with Gasteiger partial charge in [0.25, 0.3) is 5.91 Å². The number of aromatic nitrogens is 2. The Morgan fingerprint density at radius 1 is 1.00 bits per heavy atom. The van der Waals surface area contributed by atoms with Crippen molar-refractivity contribution in [3.8, 4) is 22.7 Å². The zero-order valence-corrected chi connectivity index (χ0v) is 17.4. The molecule has 0 atom stereocenters. The van der Waals surface area contributed by atoms with Crippen LogP contribution in [-0.4, -0.2) is 22.8 Å². The quantitative estimate of drug-likeness (QED) is 0.449. The Hall–Kier alpha value is -3.57. The minimum atomic E-state index is -0.198. The lowest BCUT2D eigenvalue weighted by molar-refractivity contribution is 0.102. The molecular weight excluding hydrogens is 398 g/mol. The summed E-state index contributed by atoms with van der Waals surface area (Å²) in [6, 6.07) is 24.2. The minimum absolute atomic E-state index is 0.198. The molecule has 1 amide bonds. The topological polar surface area (TPSA) is 56.1 Å². The lowest BCUT2D eigenvalue weighted by Crippen LogP contribution is -2.15. The number of nitrogens with one attached hydrogen (secondary N) is 1. The second-order valence-corrected chi connectivity index (χ2v) is 7.29. The van der Waals surface area contributed by atoms with Crippen LogP contribution < -0.4 is 10.1 Å². The van der Waals surface area contributed by atoms with Crippen LogP contribution in [-0.2, 0) is 0 Å². The van der Waals surface area contributed by atoms with Gasteiger partial charge in [-0.1, -0.05) is 41.4 Å². The molecule has 0 aliphatic heterocycles. The number of anilines is 1. The van der Waals surface area contributed by atoms with Crippen LogP contribution in [0.2, 0.25) is 5.02 Å².